The molecule has 0 saturated heterocycles. The molecule has 2 aromatic carbocycles. The molecule has 6 heteroatoms. The molecular weight excluding hydrogens is 344 g/mol. The molecule has 2 aromatic rings. The quantitative estimate of drug-likeness (QED) is 0.721. The second-order valence-electron chi connectivity index (χ2n) is 6.03. The molecule has 0 aliphatic heterocycles. The summed E-state index contributed by atoms with van der Waals surface area (Å²) in [5.74, 6) is -0.301. The van der Waals surface area contributed by atoms with Gasteiger partial charge in [0.25, 0.3) is 5.91 Å². The van der Waals surface area contributed by atoms with E-state index in [1.165, 1.54) is 0 Å². The van der Waals surface area contributed by atoms with Crippen molar-refractivity contribution in [3.63, 3.8) is 0 Å². The lowest BCUT2D eigenvalue weighted by Gasteiger charge is -2.15. The maximum absolute atomic E-state index is 12.1. The van der Waals surface area contributed by atoms with E-state index in [1.807, 2.05) is 30.3 Å². The number of carbonyl (C=O) groups is 2. The van der Waals surface area contributed by atoms with Gasteiger partial charge in [0.2, 0.25) is 0 Å². The summed E-state index contributed by atoms with van der Waals surface area (Å²) in [7, 11) is 0. The fraction of sp³-hybridized carbons (Fsp3) is 0.286. The van der Waals surface area contributed by atoms with Gasteiger partial charge in [-0.3, -0.25) is 4.79 Å². The van der Waals surface area contributed by atoms with Gasteiger partial charge in [-0.2, -0.15) is 5.26 Å². The molecule has 0 saturated carbocycles. The van der Waals surface area contributed by atoms with E-state index in [1.54, 1.807) is 24.3 Å². The second-order valence-corrected chi connectivity index (χ2v) is 6.03. The highest BCUT2D eigenvalue weighted by Gasteiger charge is 2.13. The van der Waals surface area contributed by atoms with Crippen molar-refractivity contribution in [2.45, 2.75) is 26.2 Å². The first-order valence-corrected chi connectivity index (χ1v) is 8.70. The first-order valence-electron chi connectivity index (χ1n) is 8.70. The van der Waals surface area contributed by atoms with E-state index in [9.17, 15) is 9.59 Å². The van der Waals surface area contributed by atoms with E-state index in [-0.39, 0.29) is 13.2 Å². The number of rotatable bonds is 8. The van der Waals surface area contributed by atoms with E-state index in [0.29, 0.717) is 17.2 Å². The van der Waals surface area contributed by atoms with Gasteiger partial charge in [-0.25, -0.2) is 4.79 Å². The smallest absolute Gasteiger partial charge is 0.344 e. The standard InChI is InChI=1S/C21H22N2O4/c1-3-15(2)18-6-4-5-7-19(18)23-20(24)13-27-21(25)14-26-17-10-8-16(12-22)9-11-17/h4-11,15H,3,13-14H2,1-2H3,(H,23,24)/t15-/m0/s1. The number of anilines is 1. The van der Waals surface area contributed by atoms with Crippen LogP contribution in [-0.4, -0.2) is 25.1 Å². The molecule has 0 bridgehead atoms. The van der Waals surface area contributed by atoms with Crippen molar-refractivity contribution in [1.82, 2.24) is 0 Å². The minimum Gasteiger partial charge on any atom is -0.482 e. The Morgan fingerprint density at radius 1 is 1.11 bits per heavy atom. The van der Waals surface area contributed by atoms with Crippen molar-refractivity contribution < 1.29 is 19.1 Å². The zero-order valence-electron chi connectivity index (χ0n) is 15.4. The Bertz CT molecular complexity index is 825. The van der Waals surface area contributed by atoms with Crippen LogP contribution in [0.2, 0.25) is 0 Å². The van der Waals surface area contributed by atoms with Crippen LogP contribution in [0.3, 0.4) is 0 Å². The molecule has 0 radical (unpaired) electrons. The predicted octanol–water partition coefficient (Wildman–Crippen LogP) is 3.63. The molecule has 0 aliphatic carbocycles. The fourth-order valence-electron chi connectivity index (χ4n) is 2.40. The largest absolute Gasteiger partial charge is 0.482 e. The molecular formula is C21H22N2O4. The van der Waals surface area contributed by atoms with Crippen molar-refractivity contribution in [3.8, 4) is 11.8 Å². The molecule has 1 N–H and O–H groups in total. The third kappa shape index (κ3) is 6.15. The summed E-state index contributed by atoms with van der Waals surface area (Å²) in [6.45, 7) is 3.47. The zero-order chi connectivity index (χ0) is 19.6. The number of nitrogens with one attached hydrogen (secondary N) is 1. The average molecular weight is 366 g/mol. The molecule has 0 unspecified atom stereocenters. The Kier molecular flexibility index (Phi) is 7.38. The number of ether oxygens (including phenoxy) is 2. The van der Waals surface area contributed by atoms with E-state index in [0.717, 1.165) is 17.7 Å². The van der Waals surface area contributed by atoms with Gasteiger partial charge in [0.05, 0.1) is 11.6 Å². The van der Waals surface area contributed by atoms with Crippen LogP contribution in [0.25, 0.3) is 0 Å². The van der Waals surface area contributed by atoms with Gasteiger partial charge in [0, 0.05) is 5.69 Å². The third-order valence-corrected chi connectivity index (χ3v) is 4.08. The highest BCUT2D eigenvalue weighted by Crippen LogP contribution is 2.26. The zero-order valence-corrected chi connectivity index (χ0v) is 15.4. The van der Waals surface area contributed by atoms with Crippen LogP contribution in [0.5, 0.6) is 5.75 Å². The number of amides is 1. The lowest BCUT2D eigenvalue weighted by atomic mass is 9.97. The maximum Gasteiger partial charge on any atom is 0.344 e. The topological polar surface area (TPSA) is 88.4 Å². The van der Waals surface area contributed by atoms with E-state index in [4.69, 9.17) is 14.7 Å². The van der Waals surface area contributed by atoms with Crippen LogP contribution >= 0.6 is 0 Å². The van der Waals surface area contributed by atoms with Crippen LogP contribution in [0.1, 0.15) is 37.3 Å². The predicted molar refractivity (Wildman–Crippen MR) is 101 cm³/mol. The number of carbonyl (C=O) groups excluding carboxylic acids is 2. The van der Waals surface area contributed by atoms with Gasteiger partial charge in [0.15, 0.2) is 13.2 Å². The van der Waals surface area contributed by atoms with Crippen LogP contribution in [-0.2, 0) is 14.3 Å². The molecule has 0 heterocycles. The minimum absolute atomic E-state index is 0.310. The van der Waals surface area contributed by atoms with Crippen molar-refractivity contribution >= 4 is 17.6 Å². The van der Waals surface area contributed by atoms with Gasteiger partial charge >= 0.3 is 5.97 Å². The molecule has 140 valence electrons. The molecule has 1 amide bonds. The molecule has 0 aliphatic rings. The van der Waals surface area contributed by atoms with E-state index in [2.05, 4.69) is 19.2 Å². The lowest BCUT2D eigenvalue weighted by Crippen LogP contribution is -2.24. The Morgan fingerprint density at radius 3 is 2.48 bits per heavy atom. The average Bonchev–Trinajstić information content (AvgIpc) is 2.71. The summed E-state index contributed by atoms with van der Waals surface area (Å²) in [5, 5.41) is 11.5. The van der Waals surface area contributed by atoms with Crippen LogP contribution < -0.4 is 10.1 Å². The first kappa shape index (κ1) is 20.0. The third-order valence-electron chi connectivity index (χ3n) is 4.08. The Labute approximate surface area is 158 Å². The SMILES string of the molecule is CC[C@H](C)c1ccccc1NC(=O)COC(=O)COc1ccc(C#N)cc1. The number of para-hydroxylation sites is 1. The monoisotopic (exact) mass is 366 g/mol. The highest BCUT2D eigenvalue weighted by molar-refractivity contribution is 5.93. The molecule has 27 heavy (non-hydrogen) atoms. The molecule has 6 nitrogen and oxygen atoms in total. The highest BCUT2D eigenvalue weighted by atomic mass is 16.6. The summed E-state index contributed by atoms with van der Waals surface area (Å²) in [5.41, 5.74) is 2.27. The molecule has 0 spiro atoms. The molecule has 0 fully saturated rings. The number of nitriles is 1. The summed E-state index contributed by atoms with van der Waals surface area (Å²) in [6.07, 6.45) is 0.953. The second kappa shape index (κ2) is 9.97. The van der Waals surface area contributed by atoms with Crippen LogP contribution in [0.15, 0.2) is 48.5 Å². The van der Waals surface area contributed by atoms with Gasteiger partial charge in [-0.1, -0.05) is 32.0 Å². The number of nitrogens with zero attached hydrogens (tertiary/aromatic N) is 1. The van der Waals surface area contributed by atoms with Gasteiger partial charge in [-0.05, 0) is 48.2 Å². The summed E-state index contributed by atoms with van der Waals surface area (Å²) < 4.78 is 10.2. The molecule has 2 rings (SSSR count). The summed E-state index contributed by atoms with van der Waals surface area (Å²) in [4.78, 5) is 23.8. The van der Waals surface area contributed by atoms with Crippen molar-refractivity contribution in [2.24, 2.45) is 0 Å². The van der Waals surface area contributed by atoms with Gasteiger partial charge in [-0.15, -0.1) is 0 Å². The maximum atomic E-state index is 12.1. The number of hydrogen-bond acceptors (Lipinski definition) is 5. The van der Waals surface area contributed by atoms with Crippen molar-refractivity contribution in [3.05, 3.63) is 59.7 Å². The Morgan fingerprint density at radius 2 is 1.81 bits per heavy atom. The Balaban J connectivity index is 1.80. The lowest BCUT2D eigenvalue weighted by molar-refractivity contribution is -0.149. The normalized spacial score (nSPS) is 11.1. The van der Waals surface area contributed by atoms with Crippen LogP contribution in [0, 0.1) is 11.3 Å². The number of esters is 1. The molecule has 1 atom stereocenters. The van der Waals surface area contributed by atoms with Crippen molar-refractivity contribution in [1.29, 1.82) is 5.26 Å². The molecule has 0 aromatic heterocycles. The minimum atomic E-state index is -0.648. The van der Waals surface area contributed by atoms with Crippen LogP contribution in [0.4, 0.5) is 5.69 Å². The van der Waals surface area contributed by atoms with Gasteiger partial charge < -0.3 is 14.8 Å². The number of hydrogen-bond donors (Lipinski definition) is 1. The Hall–Kier alpha value is -3.33. The van der Waals surface area contributed by atoms with Gasteiger partial charge in [0.1, 0.15) is 5.75 Å². The fourth-order valence-corrected chi connectivity index (χ4v) is 2.40. The summed E-state index contributed by atoms with van der Waals surface area (Å²) in [6, 6.07) is 15.9. The van der Waals surface area contributed by atoms with E-state index < -0.39 is 11.9 Å². The van der Waals surface area contributed by atoms with Crippen molar-refractivity contribution in [2.75, 3.05) is 18.5 Å². The summed E-state index contributed by atoms with van der Waals surface area (Å²) >= 11 is 0. The number of benzene rings is 2. The van der Waals surface area contributed by atoms with E-state index >= 15 is 0 Å². The first-order chi connectivity index (χ1) is 13.0.